The first-order valence-electron chi connectivity index (χ1n) is 7.83. The lowest BCUT2D eigenvalue weighted by molar-refractivity contribution is 0.0541. The Hall–Kier alpha value is -3.36. The molecule has 0 unspecified atom stereocenters. The molecule has 6 nitrogen and oxygen atoms in total. The lowest BCUT2D eigenvalue weighted by Gasteiger charge is -2.06. The van der Waals surface area contributed by atoms with E-state index in [-0.39, 0.29) is 0 Å². The largest absolute Gasteiger partial charge is 0.449 e. The van der Waals surface area contributed by atoms with Crippen LogP contribution in [0, 0.1) is 70.0 Å². The van der Waals surface area contributed by atoms with Crippen molar-refractivity contribution in [3.05, 3.63) is 63.7 Å². The second kappa shape index (κ2) is 11.2. The number of carbonyl (C=O) groups excluding carboxylic acids is 1. The molecular formula is C17H6F10O6S. The summed E-state index contributed by atoms with van der Waals surface area (Å²) in [7, 11) is -5.52. The molecule has 0 bridgehead atoms. The lowest BCUT2D eigenvalue weighted by atomic mass is 10.1. The highest BCUT2D eigenvalue weighted by Crippen LogP contribution is 2.26. The van der Waals surface area contributed by atoms with Crippen LogP contribution in [0.1, 0.15) is 10.4 Å². The van der Waals surface area contributed by atoms with E-state index >= 15 is 0 Å². The van der Waals surface area contributed by atoms with Gasteiger partial charge in [-0.2, -0.15) is 8.42 Å². The topological polar surface area (TPSA) is 101 Å². The van der Waals surface area contributed by atoms with Crippen molar-refractivity contribution in [1.29, 1.82) is 0 Å². The Morgan fingerprint density at radius 1 is 0.676 bits per heavy atom. The van der Waals surface area contributed by atoms with E-state index in [1.54, 1.807) is 0 Å². The molecule has 0 spiro atoms. The highest BCUT2D eigenvalue weighted by atomic mass is 32.2. The number of hydrogen-bond donors (Lipinski definition) is 2. The molecule has 2 N–H and O–H groups in total. The Morgan fingerprint density at radius 3 is 1.38 bits per heavy atom. The van der Waals surface area contributed by atoms with Crippen molar-refractivity contribution in [2.24, 2.45) is 0 Å². The zero-order valence-electron chi connectivity index (χ0n) is 15.6. The van der Waals surface area contributed by atoms with Gasteiger partial charge < -0.3 is 9.84 Å². The van der Waals surface area contributed by atoms with Gasteiger partial charge in [0.1, 0.15) is 12.2 Å². The fraction of sp³-hybridized carbons (Fsp3) is 0.118. The van der Waals surface area contributed by atoms with Gasteiger partial charge in [-0.05, 0) is 0 Å². The normalized spacial score (nSPS) is 10.7. The summed E-state index contributed by atoms with van der Waals surface area (Å²) in [5.41, 5.74) is -1.69. The number of rotatable bonds is 3. The van der Waals surface area contributed by atoms with Gasteiger partial charge in [0.2, 0.25) is 11.6 Å². The number of aliphatic hydroxyl groups excluding tert-OH is 1. The zero-order valence-corrected chi connectivity index (χ0v) is 16.4. The molecular weight excluding hydrogens is 522 g/mol. The SMILES string of the molecule is O=C(OCC#CCO)c1c(F)c(F)c(F)c(F)c1F.O=S(=O)(O)c1c(F)c(F)c(F)c(F)c1F. The fourth-order valence-electron chi connectivity index (χ4n) is 1.88. The van der Waals surface area contributed by atoms with Crippen LogP contribution in [-0.4, -0.2) is 37.3 Å². The Kier molecular flexibility index (Phi) is 9.43. The zero-order chi connectivity index (χ0) is 26.5. The van der Waals surface area contributed by atoms with E-state index in [1.165, 1.54) is 0 Å². The van der Waals surface area contributed by atoms with Crippen molar-refractivity contribution in [3.63, 3.8) is 0 Å². The molecule has 34 heavy (non-hydrogen) atoms. The van der Waals surface area contributed by atoms with E-state index in [4.69, 9.17) is 9.66 Å². The van der Waals surface area contributed by atoms with Crippen molar-refractivity contribution in [2.75, 3.05) is 13.2 Å². The van der Waals surface area contributed by atoms with Gasteiger partial charge in [-0.25, -0.2) is 48.7 Å². The van der Waals surface area contributed by atoms with Crippen LogP contribution in [0.4, 0.5) is 43.9 Å². The van der Waals surface area contributed by atoms with Gasteiger partial charge in [0.05, 0.1) is 0 Å². The van der Waals surface area contributed by atoms with Crippen LogP contribution in [0.25, 0.3) is 0 Å². The molecule has 0 fully saturated rings. The maximum Gasteiger partial charge on any atom is 0.345 e. The number of ether oxygens (including phenoxy) is 1. The first-order valence-corrected chi connectivity index (χ1v) is 9.27. The van der Waals surface area contributed by atoms with Gasteiger partial charge in [0.15, 0.2) is 58.0 Å². The Bertz CT molecular complexity index is 1240. The van der Waals surface area contributed by atoms with Crippen LogP contribution in [-0.2, 0) is 14.9 Å². The van der Waals surface area contributed by atoms with E-state index in [9.17, 15) is 57.1 Å². The summed E-state index contributed by atoms with van der Waals surface area (Å²) in [5, 5.41) is 8.27. The van der Waals surface area contributed by atoms with E-state index in [0.29, 0.717) is 0 Å². The summed E-state index contributed by atoms with van der Waals surface area (Å²) in [6, 6.07) is 0. The third-order valence-corrected chi connectivity index (χ3v) is 4.20. The second-order valence-electron chi connectivity index (χ2n) is 5.41. The van der Waals surface area contributed by atoms with Crippen LogP contribution < -0.4 is 0 Å². The smallest absolute Gasteiger partial charge is 0.345 e. The average Bonchev–Trinajstić information content (AvgIpc) is 2.76. The molecule has 0 saturated heterocycles. The number of hydrogen-bond acceptors (Lipinski definition) is 5. The summed E-state index contributed by atoms with van der Waals surface area (Å²) >= 11 is 0. The molecule has 17 heteroatoms. The van der Waals surface area contributed by atoms with Gasteiger partial charge in [-0.15, -0.1) is 0 Å². The van der Waals surface area contributed by atoms with Gasteiger partial charge >= 0.3 is 16.1 Å². The molecule has 186 valence electrons. The molecule has 0 aliphatic carbocycles. The van der Waals surface area contributed by atoms with Crippen molar-refractivity contribution >= 4 is 16.1 Å². The van der Waals surface area contributed by atoms with Crippen molar-refractivity contribution in [3.8, 4) is 11.8 Å². The molecule has 0 atom stereocenters. The number of esters is 1. The lowest BCUT2D eigenvalue weighted by Crippen LogP contribution is -2.15. The number of benzene rings is 2. The molecule has 0 radical (unpaired) electrons. The molecule has 0 aliphatic heterocycles. The predicted molar refractivity (Wildman–Crippen MR) is 87.4 cm³/mol. The van der Waals surface area contributed by atoms with Crippen molar-refractivity contribution in [2.45, 2.75) is 4.90 Å². The maximum absolute atomic E-state index is 13.1. The summed E-state index contributed by atoms with van der Waals surface area (Å²) < 4.78 is 160. The molecule has 2 aromatic rings. The van der Waals surface area contributed by atoms with Crippen LogP contribution in [0.5, 0.6) is 0 Å². The first kappa shape index (κ1) is 28.7. The monoisotopic (exact) mass is 528 g/mol. The fourth-order valence-corrected chi connectivity index (χ4v) is 2.51. The quantitative estimate of drug-likeness (QED) is 0.159. The molecule has 2 rings (SSSR count). The van der Waals surface area contributed by atoms with E-state index < -0.39 is 97.9 Å². The second-order valence-corrected chi connectivity index (χ2v) is 6.77. The van der Waals surface area contributed by atoms with Gasteiger partial charge in [0.25, 0.3) is 0 Å². The highest BCUT2D eigenvalue weighted by molar-refractivity contribution is 7.85. The van der Waals surface area contributed by atoms with Crippen molar-refractivity contribution < 1.29 is 71.5 Å². The summed E-state index contributed by atoms with van der Waals surface area (Å²) in [4.78, 5) is 8.91. The summed E-state index contributed by atoms with van der Waals surface area (Å²) in [6.07, 6.45) is 0. The molecule has 0 amide bonds. The summed E-state index contributed by atoms with van der Waals surface area (Å²) in [5.74, 6) is -21.6. The Balaban J connectivity index is 0.000000350. The van der Waals surface area contributed by atoms with E-state index in [1.807, 2.05) is 5.92 Å². The van der Waals surface area contributed by atoms with Gasteiger partial charge in [0, 0.05) is 0 Å². The molecule has 0 aromatic heterocycles. The maximum atomic E-state index is 13.1. The van der Waals surface area contributed by atoms with Crippen LogP contribution in [0.3, 0.4) is 0 Å². The third kappa shape index (κ3) is 5.95. The standard InChI is InChI=1S/C11H5F5O3.C6HF5O3S/c12-6-5(11(18)19-4-2-1-3-17)7(13)9(15)10(16)8(6)14;7-1-2(8)4(10)6(15(12,13)14)5(11)3(1)9/h17H,3-4H2;(H,12,13,14). The van der Waals surface area contributed by atoms with Gasteiger partial charge in [-0.3, -0.25) is 4.55 Å². The van der Waals surface area contributed by atoms with Crippen molar-refractivity contribution in [1.82, 2.24) is 0 Å². The molecule has 0 aliphatic rings. The van der Waals surface area contributed by atoms with Crippen LogP contribution >= 0.6 is 0 Å². The van der Waals surface area contributed by atoms with Crippen LogP contribution in [0.2, 0.25) is 0 Å². The summed E-state index contributed by atoms with van der Waals surface area (Å²) in [6.45, 7) is -1.21. The van der Waals surface area contributed by atoms with E-state index in [2.05, 4.69) is 10.7 Å². The Morgan fingerprint density at radius 2 is 1.03 bits per heavy atom. The molecule has 0 saturated carbocycles. The minimum atomic E-state index is -5.52. The van der Waals surface area contributed by atoms with Crippen LogP contribution in [0.15, 0.2) is 4.90 Å². The number of aliphatic hydroxyl groups is 1. The minimum absolute atomic E-state index is 0.542. The molecule has 2 aromatic carbocycles. The predicted octanol–water partition coefficient (Wildman–Crippen LogP) is 3.16. The minimum Gasteiger partial charge on any atom is -0.449 e. The first-order chi connectivity index (χ1) is 15.6. The van der Waals surface area contributed by atoms with E-state index in [0.717, 1.165) is 0 Å². The number of halogens is 10. The average molecular weight is 528 g/mol. The highest BCUT2D eigenvalue weighted by Gasteiger charge is 2.32. The molecule has 0 heterocycles. The Labute approximate surface area is 182 Å². The third-order valence-electron chi connectivity index (χ3n) is 3.32. The van der Waals surface area contributed by atoms with Gasteiger partial charge in [-0.1, -0.05) is 11.8 Å². The number of carbonyl (C=O) groups is 1.